The first-order valence-corrected chi connectivity index (χ1v) is 11.5. The summed E-state index contributed by atoms with van der Waals surface area (Å²) in [6.45, 7) is 5.35. The van der Waals surface area contributed by atoms with E-state index < -0.39 is 0 Å². The predicted molar refractivity (Wildman–Crippen MR) is 109 cm³/mol. The molecule has 10 heteroatoms. The van der Waals surface area contributed by atoms with E-state index in [0.717, 1.165) is 22.9 Å². The third kappa shape index (κ3) is 7.38. The second kappa shape index (κ2) is 12.0. The second-order valence-electron chi connectivity index (χ2n) is 6.53. The lowest BCUT2D eigenvalue weighted by molar-refractivity contribution is -0.151. The molecule has 0 aromatic carbocycles. The fraction of sp³-hybridized carbons (Fsp3) is 0.722. The van der Waals surface area contributed by atoms with Crippen LogP contribution in [0.4, 0.5) is 5.13 Å². The van der Waals surface area contributed by atoms with Crippen molar-refractivity contribution in [1.82, 2.24) is 15.1 Å². The zero-order valence-electron chi connectivity index (χ0n) is 16.4. The Balaban J connectivity index is 1.67. The summed E-state index contributed by atoms with van der Waals surface area (Å²) in [4.78, 5) is 37.8. The Hall–Kier alpha value is -1.68. The molecule has 0 unspecified atom stereocenters. The quantitative estimate of drug-likeness (QED) is 0.265. The predicted octanol–water partition coefficient (Wildman–Crippen LogP) is 2.95. The number of unbranched alkanes of at least 4 members (excludes halogenated alkanes) is 1. The topological polar surface area (TPSA) is 101 Å². The molecule has 2 rings (SSSR count). The van der Waals surface area contributed by atoms with Crippen LogP contribution in [0, 0.1) is 5.92 Å². The first kappa shape index (κ1) is 22.6. The molecule has 1 saturated heterocycles. The molecule has 1 aliphatic heterocycles. The van der Waals surface area contributed by atoms with Crippen LogP contribution in [0.5, 0.6) is 0 Å². The van der Waals surface area contributed by atoms with Crippen LogP contribution in [0.25, 0.3) is 0 Å². The number of thioether (sulfide) groups is 1. The van der Waals surface area contributed by atoms with Crippen LogP contribution in [0.3, 0.4) is 0 Å². The molecule has 0 atom stereocenters. The molecule has 2 amide bonds. The molecule has 28 heavy (non-hydrogen) atoms. The number of nitrogens with one attached hydrogen (secondary N) is 1. The lowest BCUT2D eigenvalue weighted by atomic mass is 9.96. The van der Waals surface area contributed by atoms with Crippen molar-refractivity contribution < 1.29 is 19.1 Å². The SMILES string of the molecule is CCCCSc1nnc(NC(=O)CCC(=O)N2CCC(C(=O)OCC)CC2)s1. The molecule has 1 fully saturated rings. The minimum absolute atomic E-state index is 0.0643. The fourth-order valence-electron chi connectivity index (χ4n) is 2.81. The van der Waals surface area contributed by atoms with E-state index >= 15 is 0 Å². The van der Waals surface area contributed by atoms with Gasteiger partial charge in [0.15, 0.2) is 4.34 Å². The average Bonchev–Trinajstić information content (AvgIpc) is 3.13. The number of esters is 1. The van der Waals surface area contributed by atoms with E-state index in [1.807, 2.05) is 0 Å². The van der Waals surface area contributed by atoms with Crippen molar-refractivity contribution in [3.63, 3.8) is 0 Å². The van der Waals surface area contributed by atoms with Gasteiger partial charge in [-0.3, -0.25) is 14.4 Å². The Bertz CT molecular complexity index is 660. The first-order chi connectivity index (χ1) is 13.5. The lowest BCUT2D eigenvalue weighted by Gasteiger charge is -2.30. The number of carbonyl (C=O) groups is 3. The molecule has 0 radical (unpaired) electrons. The third-order valence-electron chi connectivity index (χ3n) is 4.41. The van der Waals surface area contributed by atoms with Crippen LogP contribution in [0.1, 0.15) is 52.4 Å². The fourth-order valence-corrected chi connectivity index (χ4v) is 4.73. The van der Waals surface area contributed by atoms with Crippen molar-refractivity contribution in [2.24, 2.45) is 5.92 Å². The van der Waals surface area contributed by atoms with Crippen LogP contribution < -0.4 is 5.32 Å². The maximum absolute atomic E-state index is 12.3. The average molecular weight is 429 g/mol. The minimum atomic E-state index is -0.240. The summed E-state index contributed by atoms with van der Waals surface area (Å²) >= 11 is 2.99. The summed E-state index contributed by atoms with van der Waals surface area (Å²) in [5.74, 6) is 0.370. The van der Waals surface area contributed by atoms with Gasteiger partial charge in [0.2, 0.25) is 16.9 Å². The highest BCUT2D eigenvalue weighted by Crippen LogP contribution is 2.26. The maximum Gasteiger partial charge on any atom is 0.309 e. The van der Waals surface area contributed by atoms with Gasteiger partial charge in [-0.1, -0.05) is 36.4 Å². The number of hydrogen-bond donors (Lipinski definition) is 1. The highest BCUT2D eigenvalue weighted by molar-refractivity contribution is 8.01. The second-order valence-corrected chi connectivity index (χ2v) is 8.85. The van der Waals surface area contributed by atoms with Crippen LogP contribution in [0.2, 0.25) is 0 Å². The van der Waals surface area contributed by atoms with E-state index in [4.69, 9.17) is 4.74 Å². The van der Waals surface area contributed by atoms with Crippen LogP contribution in [-0.2, 0) is 19.1 Å². The van der Waals surface area contributed by atoms with Crippen molar-refractivity contribution in [3.05, 3.63) is 0 Å². The molecular weight excluding hydrogens is 400 g/mol. The number of carbonyl (C=O) groups excluding carboxylic acids is 3. The summed E-state index contributed by atoms with van der Waals surface area (Å²) in [6.07, 6.45) is 3.72. The Kier molecular flexibility index (Phi) is 9.69. The minimum Gasteiger partial charge on any atom is -0.466 e. The molecular formula is C18H28N4O4S2. The maximum atomic E-state index is 12.3. The van der Waals surface area contributed by atoms with Gasteiger partial charge < -0.3 is 15.0 Å². The molecule has 8 nitrogen and oxygen atoms in total. The number of anilines is 1. The molecule has 2 heterocycles. The van der Waals surface area contributed by atoms with Crippen molar-refractivity contribution in [2.75, 3.05) is 30.8 Å². The Morgan fingerprint density at radius 1 is 1.21 bits per heavy atom. The monoisotopic (exact) mass is 428 g/mol. The molecule has 0 spiro atoms. The van der Waals surface area contributed by atoms with Crippen LogP contribution in [-0.4, -0.2) is 58.3 Å². The third-order valence-corrected chi connectivity index (χ3v) is 6.47. The van der Waals surface area contributed by atoms with Gasteiger partial charge in [0.25, 0.3) is 0 Å². The number of ether oxygens (including phenoxy) is 1. The van der Waals surface area contributed by atoms with Gasteiger partial charge in [0, 0.05) is 31.7 Å². The number of aromatic nitrogens is 2. The van der Waals surface area contributed by atoms with Gasteiger partial charge in [0.1, 0.15) is 0 Å². The van der Waals surface area contributed by atoms with Gasteiger partial charge in [-0.25, -0.2) is 0 Å². The number of piperidine rings is 1. The van der Waals surface area contributed by atoms with Crippen molar-refractivity contribution in [3.8, 4) is 0 Å². The van der Waals surface area contributed by atoms with E-state index in [9.17, 15) is 14.4 Å². The van der Waals surface area contributed by atoms with Crippen molar-refractivity contribution in [2.45, 2.75) is 56.7 Å². The highest BCUT2D eigenvalue weighted by atomic mass is 32.2. The Morgan fingerprint density at radius 2 is 1.96 bits per heavy atom. The van der Waals surface area contributed by atoms with E-state index in [1.165, 1.54) is 11.3 Å². The van der Waals surface area contributed by atoms with Gasteiger partial charge in [-0.15, -0.1) is 10.2 Å². The van der Waals surface area contributed by atoms with Crippen molar-refractivity contribution >= 4 is 46.0 Å². The first-order valence-electron chi connectivity index (χ1n) is 9.74. The Labute approximate surface area is 173 Å². The van der Waals surface area contributed by atoms with Crippen molar-refractivity contribution in [1.29, 1.82) is 0 Å². The number of nitrogens with zero attached hydrogens (tertiary/aromatic N) is 3. The van der Waals surface area contributed by atoms with Gasteiger partial charge >= 0.3 is 5.97 Å². The summed E-state index contributed by atoms with van der Waals surface area (Å²) in [6, 6.07) is 0. The summed E-state index contributed by atoms with van der Waals surface area (Å²) < 4.78 is 5.87. The summed E-state index contributed by atoms with van der Waals surface area (Å²) in [5.41, 5.74) is 0. The summed E-state index contributed by atoms with van der Waals surface area (Å²) in [7, 11) is 0. The molecule has 0 bridgehead atoms. The van der Waals surface area contributed by atoms with E-state index in [0.29, 0.717) is 37.7 Å². The zero-order valence-corrected chi connectivity index (χ0v) is 18.1. The smallest absolute Gasteiger partial charge is 0.309 e. The molecule has 1 aromatic rings. The normalized spacial score (nSPS) is 14.7. The number of likely N-dealkylation sites (tertiary alicyclic amines) is 1. The molecule has 1 aliphatic rings. The van der Waals surface area contributed by atoms with Gasteiger partial charge in [-0.05, 0) is 26.2 Å². The number of hydrogen-bond acceptors (Lipinski definition) is 8. The van der Waals surface area contributed by atoms with Crippen LogP contribution in [0.15, 0.2) is 4.34 Å². The van der Waals surface area contributed by atoms with Gasteiger partial charge in [0.05, 0.1) is 12.5 Å². The molecule has 0 saturated carbocycles. The largest absolute Gasteiger partial charge is 0.466 e. The highest BCUT2D eigenvalue weighted by Gasteiger charge is 2.28. The van der Waals surface area contributed by atoms with Gasteiger partial charge in [-0.2, -0.15) is 0 Å². The molecule has 1 aromatic heterocycles. The number of rotatable bonds is 10. The lowest BCUT2D eigenvalue weighted by Crippen LogP contribution is -2.40. The number of amides is 2. The van der Waals surface area contributed by atoms with E-state index in [-0.39, 0.29) is 36.5 Å². The van der Waals surface area contributed by atoms with Crippen LogP contribution >= 0.6 is 23.1 Å². The Morgan fingerprint density at radius 3 is 2.64 bits per heavy atom. The molecule has 156 valence electrons. The molecule has 0 aliphatic carbocycles. The zero-order chi connectivity index (χ0) is 20.4. The standard InChI is InChI=1S/C18H28N4O4S2/c1-3-5-12-27-18-21-20-17(28-18)19-14(23)6-7-15(24)22-10-8-13(9-11-22)16(25)26-4-2/h13H,3-12H2,1-2H3,(H,19,20,23). The molecule has 1 N–H and O–H groups in total. The van der Waals surface area contributed by atoms with E-state index in [2.05, 4.69) is 22.4 Å². The van der Waals surface area contributed by atoms with E-state index in [1.54, 1.807) is 23.6 Å². The summed E-state index contributed by atoms with van der Waals surface area (Å²) in [5, 5.41) is 11.2.